The summed E-state index contributed by atoms with van der Waals surface area (Å²) >= 11 is 0. The normalized spacial score (nSPS) is 16.8. The number of piperidine rings is 1. The molecule has 0 atom stereocenters. The Bertz CT molecular complexity index is 1170. The Hall–Kier alpha value is -4.13. The minimum Gasteiger partial charge on any atom is -0.457 e. The van der Waals surface area contributed by atoms with E-state index in [0.29, 0.717) is 42.9 Å². The highest BCUT2D eigenvalue weighted by Crippen LogP contribution is 2.27. The van der Waals surface area contributed by atoms with Gasteiger partial charge in [0.05, 0.1) is 5.69 Å². The van der Waals surface area contributed by atoms with Gasteiger partial charge < -0.3 is 14.5 Å². The van der Waals surface area contributed by atoms with Crippen molar-refractivity contribution in [1.29, 1.82) is 0 Å². The molecule has 7 heteroatoms. The summed E-state index contributed by atoms with van der Waals surface area (Å²) in [5.41, 5.74) is 1.19. The Morgan fingerprint density at radius 3 is 2.00 bits per heavy atom. The molecule has 0 unspecified atom stereocenters. The fourth-order valence-corrected chi connectivity index (χ4v) is 4.49. The Morgan fingerprint density at radius 2 is 1.35 bits per heavy atom. The number of rotatable bonds is 5. The molecule has 2 heterocycles. The summed E-state index contributed by atoms with van der Waals surface area (Å²) in [7, 11) is 0. The lowest BCUT2D eigenvalue weighted by atomic mass is 10.0. The maximum atomic E-state index is 13.0. The van der Waals surface area contributed by atoms with E-state index < -0.39 is 0 Å². The fraction of sp³-hybridized carbons (Fsp3) is 0.222. The van der Waals surface area contributed by atoms with Gasteiger partial charge >= 0.3 is 6.03 Å². The lowest BCUT2D eigenvalue weighted by Crippen LogP contribution is -2.48. The van der Waals surface area contributed by atoms with Crippen LogP contribution >= 0.6 is 0 Å². The quantitative estimate of drug-likeness (QED) is 0.529. The van der Waals surface area contributed by atoms with Gasteiger partial charge in [-0.3, -0.25) is 9.59 Å². The number of urea groups is 1. The van der Waals surface area contributed by atoms with Crippen molar-refractivity contribution in [2.75, 3.05) is 24.5 Å². The molecule has 2 saturated heterocycles. The first kappa shape index (κ1) is 21.7. The number of hydrogen-bond donors (Lipinski definition) is 0. The number of amides is 4. The standard InChI is InChI=1S/C27H25N3O4/c31-25-19-29(27(33)30(25)22-7-3-1-4-8-22)21-15-17-28(18-16-21)26(32)20-11-13-24(14-12-20)34-23-9-5-2-6-10-23/h1-14,21H,15-19H2. The summed E-state index contributed by atoms with van der Waals surface area (Å²) < 4.78 is 5.80. The van der Waals surface area contributed by atoms with Crippen molar-refractivity contribution in [3.05, 3.63) is 90.5 Å². The highest BCUT2D eigenvalue weighted by atomic mass is 16.5. The first-order valence-corrected chi connectivity index (χ1v) is 11.4. The van der Waals surface area contributed by atoms with Gasteiger partial charge in [-0.2, -0.15) is 0 Å². The average Bonchev–Trinajstić information content (AvgIpc) is 3.19. The van der Waals surface area contributed by atoms with Gasteiger partial charge in [0.1, 0.15) is 18.0 Å². The van der Waals surface area contributed by atoms with Crippen molar-refractivity contribution >= 4 is 23.5 Å². The minimum absolute atomic E-state index is 0.0422. The molecule has 3 aromatic rings. The van der Waals surface area contributed by atoms with Crippen molar-refractivity contribution < 1.29 is 19.1 Å². The van der Waals surface area contributed by atoms with Crippen LogP contribution < -0.4 is 9.64 Å². The van der Waals surface area contributed by atoms with Gasteiger partial charge in [-0.25, -0.2) is 9.69 Å². The molecule has 4 amide bonds. The van der Waals surface area contributed by atoms with Crippen LogP contribution in [0.25, 0.3) is 0 Å². The summed E-state index contributed by atoms with van der Waals surface area (Å²) in [4.78, 5) is 43.2. The molecule has 2 aliphatic rings. The predicted octanol–water partition coefficient (Wildman–Crippen LogP) is 4.55. The maximum Gasteiger partial charge on any atom is 0.332 e. The largest absolute Gasteiger partial charge is 0.457 e. The van der Waals surface area contributed by atoms with Gasteiger partial charge in [0, 0.05) is 24.7 Å². The highest BCUT2D eigenvalue weighted by Gasteiger charge is 2.41. The fourth-order valence-electron chi connectivity index (χ4n) is 4.49. The Balaban J connectivity index is 1.18. The first-order chi connectivity index (χ1) is 16.6. The SMILES string of the molecule is O=C(c1ccc(Oc2ccccc2)cc1)N1CCC(N2CC(=O)N(c3ccccc3)C2=O)CC1. The number of ether oxygens (including phenoxy) is 1. The number of carbonyl (C=O) groups is 3. The van der Waals surface area contributed by atoms with Crippen LogP contribution in [0.1, 0.15) is 23.2 Å². The topological polar surface area (TPSA) is 70.2 Å². The molecule has 0 spiro atoms. The van der Waals surface area contributed by atoms with Crippen LogP contribution in [0.15, 0.2) is 84.9 Å². The van der Waals surface area contributed by atoms with Crippen molar-refractivity contribution in [1.82, 2.24) is 9.80 Å². The van der Waals surface area contributed by atoms with Crippen LogP contribution in [0.3, 0.4) is 0 Å². The molecule has 7 nitrogen and oxygen atoms in total. The second-order valence-corrected chi connectivity index (χ2v) is 8.44. The zero-order valence-electron chi connectivity index (χ0n) is 18.7. The molecule has 2 fully saturated rings. The van der Waals surface area contributed by atoms with Gasteiger partial charge in [0.15, 0.2) is 0 Å². The number of benzene rings is 3. The molecule has 0 radical (unpaired) electrons. The van der Waals surface area contributed by atoms with Crippen molar-refractivity contribution in [2.24, 2.45) is 0 Å². The molecular weight excluding hydrogens is 430 g/mol. The number of imide groups is 1. The summed E-state index contributed by atoms with van der Waals surface area (Å²) in [6.45, 7) is 1.15. The third-order valence-electron chi connectivity index (χ3n) is 6.28. The lowest BCUT2D eigenvalue weighted by Gasteiger charge is -2.36. The molecule has 34 heavy (non-hydrogen) atoms. The number of para-hydroxylation sites is 2. The van der Waals surface area contributed by atoms with Gasteiger partial charge in [0.25, 0.3) is 11.8 Å². The predicted molar refractivity (Wildman–Crippen MR) is 128 cm³/mol. The number of anilines is 1. The minimum atomic E-state index is -0.282. The van der Waals surface area contributed by atoms with Gasteiger partial charge in [-0.1, -0.05) is 36.4 Å². The van der Waals surface area contributed by atoms with E-state index in [1.165, 1.54) is 4.90 Å². The number of nitrogens with zero attached hydrogens (tertiary/aromatic N) is 3. The summed E-state index contributed by atoms with van der Waals surface area (Å²) in [5, 5.41) is 0. The van der Waals surface area contributed by atoms with Crippen LogP contribution in [0.4, 0.5) is 10.5 Å². The molecule has 0 aromatic heterocycles. The lowest BCUT2D eigenvalue weighted by molar-refractivity contribution is -0.116. The number of likely N-dealkylation sites (tertiary alicyclic amines) is 1. The maximum absolute atomic E-state index is 13.0. The van der Waals surface area contributed by atoms with Crippen LogP contribution in [0.5, 0.6) is 11.5 Å². The Kier molecular flexibility index (Phi) is 5.99. The molecule has 0 aliphatic carbocycles. The van der Waals surface area contributed by atoms with E-state index in [0.717, 1.165) is 5.75 Å². The summed E-state index contributed by atoms with van der Waals surface area (Å²) in [6, 6.07) is 25.3. The zero-order valence-corrected chi connectivity index (χ0v) is 18.7. The Morgan fingerprint density at radius 1 is 0.765 bits per heavy atom. The van der Waals surface area contributed by atoms with Crippen molar-refractivity contribution in [3.8, 4) is 11.5 Å². The van der Waals surface area contributed by atoms with Gasteiger partial charge in [0.2, 0.25) is 0 Å². The zero-order chi connectivity index (χ0) is 23.5. The summed E-state index contributed by atoms with van der Waals surface area (Å²) in [6.07, 6.45) is 1.28. The molecule has 172 valence electrons. The van der Waals surface area contributed by atoms with Crippen LogP contribution in [0, 0.1) is 0 Å². The third kappa shape index (κ3) is 4.37. The molecule has 0 bridgehead atoms. The van der Waals surface area contributed by atoms with E-state index in [2.05, 4.69) is 0 Å². The van der Waals surface area contributed by atoms with E-state index >= 15 is 0 Å². The highest BCUT2D eigenvalue weighted by molar-refractivity contribution is 6.19. The molecule has 5 rings (SSSR count). The molecule has 2 aliphatic heterocycles. The number of hydrogen-bond acceptors (Lipinski definition) is 4. The molecular formula is C27H25N3O4. The Labute approximate surface area is 198 Å². The van der Waals surface area contributed by atoms with Crippen LogP contribution in [-0.4, -0.2) is 53.3 Å². The first-order valence-electron chi connectivity index (χ1n) is 11.4. The van der Waals surface area contributed by atoms with Crippen molar-refractivity contribution in [3.63, 3.8) is 0 Å². The van der Waals surface area contributed by atoms with E-state index in [1.54, 1.807) is 46.2 Å². The van der Waals surface area contributed by atoms with Gasteiger partial charge in [-0.15, -0.1) is 0 Å². The molecule has 0 saturated carbocycles. The second-order valence-electron chi connectivity index (χ2n) is 8.44. The molecule has 3 aromatic carbocycles. The third-order valence-corrected chi connectivity index (χ3v) is 6.28. The van der Waals surface area contributed by atoms with E-state index in [1.807, 2.05) is 48.5 Å². The number of carbonyl (C=O) groups excluding carboxylic acids is 3. The average molecular weight is 456 g/mol. The van der Waals surface area contributed by atoms with Crippen LogP contribution in [0.2, 0.25) is 0 Å². The van der Waals surface area contributed by atoms with E-state index in [-0.39, 0.29) is 30.4 Å². The van der Waals surface area contributed by atoms with E-state index in [9.17, 15) is 14.4 Å². The van der Waals surface area contributed by atoms with Crippen molar-refractivity contribution in [2.45, 2.75) is 18.9 Å². The summed E-state index contributed by atoms with van der Waals surface area (Å²) in [5.74, 6) is 1.15. The van der Waals surface area contributed by atoms with Crippen LogP contribution in [-0.2, 0) is 4.79 Å². The molecule has 0 N–H and O–H groups in total. The monoisotopic (exact) mass is 455 g/mol. The van der Waals surface area contributed by atoms with E-state index in [4.69, 9.17) is 4.74 Å². The second kappa shape index (κ2) is 9.39. The smallest absolute Gasteiger partial charge is 0.332 e. The van der Waals surface area contributed by atoms with Gasteiger partial charge in [-0.05, 0) is 61.4 Å².